The zero-order valence-corrected chi connectivity index (χ0v) is 20.0. The molecule has 0 aliphatic heterocycles. The van der Waals surface area contributed by atoms with E-state index in [0.29, 0.717) is 17.9 Å². The lowest BCUT2D eigenvalue weighted by atomic mass is 9.98. The number of pyridine rings is 1. The molecule has 0 aliphatic carbocycles. The number of hydrogen-bond donors (Lipinski definition) is 1. The topological polar surface area (TPSA) is 79.7 Å². The number of nitrogens with one attached hydrogen (secondary N) is 1. The number of aromatic nitrogens is 5. The van der Waals surface area contributed by atoms with Gasteiger partial charge in [-0.15, -0.1) is 5.10 Å². The first-order chi connectivity index (χ1) is 15.8. The molecule has 1 atom stereocenters. The zero-order chi connectivity index (χ0) is 23.6. The van der Waals surface area contributed by atoms with Gasteiger partial charge in [0.25, 0.3) is 5.56 Å². The van der Waals surface area contributed by atoms with Crippen LogP contribution >= 0.6 is 0 Å². The lowest BCUT2D eigenvalue weighted by molar-refractivity contribution is 0.197. The molecule has 0 spiro atoms. The van der Waals surface area contributed by atoms with Gasteiger partial charge in [0.15, 0.2) is 5.82 Å². The fraction of sp³-hybridized carbons (Fsp3) is 0.385. The maximum atomic E-state index is 13.4. The lowest BCUT2D eigenvalue weighted by Gasteiger charge is -2.33. The van der Waals surface area contributed by atoms with Crippen molar-refractivity contribution in [2.24, 2.45) is 0 Å². The molecule has 4 rings (SSSR count). The first kappa shape index (κ1) is 22.9. The van der Waals surface area contributed by atoms with E-state index in [1.54, 1.807) is 0 Å². The van der Waals surface area contributed by atoms with Gasteiger partial charge in [-0.05, 0) is 72.8 Å². The van der Waals surface area contributed by atoms with E-state index >= 15 is 0 Å². The SMILES string of the molecule is CCN(Cc1ccccc1)[C@@H](c1cc2ccc(C)cc2[nH]c1=O)c1nnnn1C(C)(C)CC. The summed E-state index contributed by atoms with van der Waals surface area (Å²) in [4.78, 5) is 18.8. The number of fused-ring (bicyclic) bond motifs is 1. The average molecular weight is 445 g/mol. The van der Waals surface area contributed by atoms with Crippen LogP contribution in [-0.2, 0) is 12.1 Å². The third-order valence-electron chi connectivity index (χ3n) is 6.50. The molecule has 7 heteroatoms. The fourth-order valence-corrected chi connectivity index (χ4v) is 4.18. The summed E-state index contributed by atoms with van der Waals surface area (Å²) in [5.74, 6) is 0.677. The van der Waals surface area contributed by atoms with Gasteiger partial charge in [0.05, 0.1) is 5.54 Å². The molecule has 0 saturated heterocycles. The highest BCUT2D eigenvalue weighted by atomic mass is 16.1. The second kappa shape index (κ2) is 9.27. The van der Waals surface area contributed by atoms with E-state index in [4.69, 9.17) is 0 Å². The molecule has 2 aromatic carbocycles. The van der Waals surface area contributed by atoms with E-state index < -0.39 is 6.04 Å². The lowest BCUT2D eigenvalue weighted by Crippen LogP contribution is -2.38. The molecule has 0 saturated carbocycles. The monoisotopic (exact) mass is 444 g/mol. The van der Waals surface area contributed by atoms with Crippen molar-refractivity contribution in [3.8, 4) is 0 Å². The minimum atomic E-state index is -0.398. The molecule has 0 bridgehead atoms. The summed E-state index contributed by atoms with van der Waals surface area (Å²) in [6.45, 7) is 11.9. The molecule has 33 heavy (non-hydrogen) atoms. The van der Waals surface area contributed by atoms with E-state index in [9.17, 15) is 4.79 Å². The Morgan fingerprint density at radius 3 is 2.55 bits per heavy atom. The predicted molar refractivity (Wildman–Crippen MR) is 131 cm³/mol. The Kier molecular flexibility index (Phi) is 6.42. The van der Waals surface area contributed by atoms with Crippen LogP contribution in [0.3, 0.4) is 0 Å². The van der Waals surface area contributed by atoms with Crippen molar-refractivity contribution in [3.05, 3.63) is 87.5 Å². The van der Waals surface area contributed by atoms with Crippen LogP contribution < -0.4 is 5.56 Å². The molecule has 2 aromatic heterocycles. The Balaban J connectivity index is 1.91. The normalized spacial score (nSPS) is 13.0. The van der Waals surface area contributed by atoms with Gasteiger partial charge >= 0.3 is 0 Å². The molecular formula is C26H32N6O. The summed E-state index contributed by atoms with van der Waals surface area (Å²) in [6, 6.07) is 18.0. The molecule has 0 fully saturated rings. The number of benzene rings is 2. The van der Waals surface area contributed by atoms with Gasteiger partial charge in [-0.25, -0.2) is 4.68 Å². The van der Waals surface area contributed by atoms with Crippen molar-refractivity contribution in [2.45, 2.75) is 59.2 Å². The maximum absolute atomic E-state index is 13.4. The summed E-state index contributed by atoms with van der Waals surface area (Å²) >= 11 is 0. The number of aromatic amines is 1. The zero-order valence-electron chi connectivity index (χ0n) is 20.0. The highest BCUT2D eigenvalue weighted by molar-refractivity contribution is 5.79. The maximum Gasteiger partial charge on any atom is 0.253 e. The summed E-state index contributed by atoms with van der Waals surface area (Å²) in [6.07, 6.45) is 0.857. The summed E-state index contributed by atoms with van der Waals surface area (Å²) < 4.78 is 1.88. The standard InChI is InChI=1S/C26H32N6O/c1-6-26(4,5)32-24(28-29-30-32)23(31(7-2)17-19-11-9-8-10-12-19)21-16-20-14-13-18(3)15-22(20)27-25(21)33/h8-16,23H,6-7,17H2,1-5H3,(H,27,33)/t23-/m0/s1. The molecular weight excluding hydrogens is 412 g/mol. The molecule has 4 aromatic rings. The van der Waals surface area contributed by atoms with Crippen molar-refractivity contribution in [2.75, 3.05) is 6.54 Å². The third kappa shape index (κ3) is 4.59. The van der Waals surface area contributed by atoms with Crippen LogP contribution in [0, 0.1) is 6.92 Å². The number of aryl methyl sites for hydroxylation is 1. The molecule has 7 nitrogen and oxygen atoms in total. The summed E-state index contributed by atoms with van der Waals surface area (Å²) in [5.41, 5.74) is 3.35. The Bertz CT molecular complexity index is 1290. The van der Waals surface area contributed by atoms with Crippen molar-refractivity contribution < 1.29 is 0 Å². The average Bonchev–Trinajstić information content (AvgIpc) is 3.30. The Labute approximate surface area is 194 Å². The number of rotatable bonds is 8. The number of hydrogen-bond acceptors (Lipinski definition) is 5. The van der Waals surface area contributed by atoms with E-state index in [-0.39, 0.29) is 11.1 Å². The van der Waals surface area contributed by atoms with Crippen molar-refractivity contribution >= 4 is 10.9 Å². The smallest absolute Gasteiger partial charge is 0.253 e. The quantitative estimate of drug-likeness (QED) is 0.430. The fourth-order valence-electron chi connectivity index (χ4n) is 4.18. The molecule has 0 amide bonds. The van der Waals surface area contributed by atoms with E-state index in [1.807, 2.05) is 48.0 Å². The van der Waals surface area contributed by atoms with Crippen LogP contribution in [0.25, 0.3) is 10.9 Å². The van der Waals surface area contributed by atoms with Crippen LogP contribution in [0.5, 0.6) is 0 Å². The van der Waals surface area contributed by atoms with Gasteiger partial charge in [-0.3, -0.25) is 9.69 Å². The highest BCUT2D eigenvalue weighted by Crippen LogP contribution is 2.31. The van der Waals surface area contributed by atoms with Crippen molar-refractivity contribution in [1.29, 1.82) is 0 Å². The van der Waals surface area contributed by atoms with Gasteiger partial charge in [0, 0.05) is 17.6 Å². The van der Waals surface area contributed by atoms with E-state index in [0.717, 1.165) is 29.4 Å². The second-order valence-electron chi connectivity index (χ2n) is 9.21. The van der Waals surface area contributed by atoms with Gasteiger partial charge in [-0.1, -0.05) is 56.3 Å². The minimum Gasteiger partial charge on any atom is -0.322 e. The van der Waals surface area contributed by atoms with Crippen LogP contribution in [0.2, 0.25) is 0 Å². The van der Waals surface area contributed by atoms with Crippen molar-refractivity contribution in [3.63, 3.8) is 0 Å². The van der Waals surface area contributed by atoms with Gasteiger partial charge in [0.1, 0.15) is 6.04 Å². The minimum absolute atomic E-state index is 0.117. The van der Waals surface area contributed by atoms with Gasteiger partial charge in [-0.2, -0.15) is 0 Å². The van der Waals surface area contributed by atoms with E-state index in [1.165, 1.54) is 5.56 Å². The number of nitrogens with zero attached hydrogens (tertiary/aromatic N) is 5. The Morgan fingerprint density at radius 2 is 1.85 bits per heavy atom. The molecule has 1 N–H and O–H groups in total. The first-order valence-corrected chi connectivity index (χ1v) is 11.5. The molecule has 0 unspecified atom stereocenters. The number of H-pyrrole nitrogens is 1. The van der Waals surface area contributed by atoms with Gasteiger partial charge < -0.3 is 4.98 Å². The first-order valence-electron chi connectivity index (χ1n) is 11.5. The summed E-state index contributed by atoms with van der Waals surface area (Å²) in [7, 11) is 0. The summed E-state index contributed by atoms with van der Waals surface area (Å²) in [5, 5.41) is 13.8. The third-order valence-corrected chi connectivity index (χ3v) is 6.50. The molecule has 0 aliphatic rings. The Morgan fingerprint density at radius 1 is 1.09 bits per heavy atom. The Hall–Kier alpha value is -3.32. The van der Waals surface area contributed by atoms with Crippen LogP contribution in [0.15, 0.2) is 59.4 Å². The van der Waals surface area contributed by atoms with Crippen LogP contribution in [0.4, 0.5) is 0 Å². The van der Waals surface area contributed by atoms with Gasteiger partial charge in [0.2, 0.25) is 0 Å². The van der Waals surface area contributed by atoms with E-state index in [2.05, 4.69) is 71.3 Å². The number of tetrazole rings is 1. The molecule has 2 heterocycles. The largest absolute Gasteiger partial charge is 0.322 e. The van der Waals surface area contributed by atoms with Crippen LogP contribution in [0.1, 0.15) is 62.7 Å². The highest BCUT2D eigenvalue weighted by Gasteiger charge is 2.33. The molecule has 0 radical (unpaired) electrons. The van der Waals surface area contributed by atoms with Crippen molar-refractivity contribution in [1.82, 2.24) is 30.1 Å². The predicted octanol–water partition coefficient (Wildman–Crippen LogP) is 4.58. The van der Waals surface area contributed by atoms with Crippen LogP contribution in [-0.4, -0.2) is 36.6 Å². The molecule has 172 valence electrons. The second-order valence-corrected chi connectivity index (χ2v) is 9.21.